The van der Waals surface area contributed by atoms with Crippen LogP contribution in [0.2, 0.25) is 0 Å². The second-order valence-electron chi connectivity index (χ2n) is 22.3. The molecule has 0 saturated carbocycles. The van der Waals surface area contributed by atoms with E-state index < -0.39 is 0 Å². The van der Waals surface area contributed by atoms with Gasteiger partial charge >= 0.3 is 0 Å². The van der Waals surface area contributed by atoms with Crippen molar-refractivity contribution in [3.8, 4) is 78.6 Å². The van der Waals surface area contributed by atoms with Crippen LogP contribution < -0.4 is 0 Å². The van der Waals surface area contributed by atoms with E-state index in [-0.39, 0.29) is 48.5 Å². The number of hydrogen-bond acceptors (Lipinski definition) is 3. The number of phenolic OH excluding ortho intramolecular Hbond substituents is 1. The summed E-state index contributed by atoms with van der Waals surface area (Å²) in [5.41, 5.74) is 18.6. The third kappa shape index (κ3) is 9.05. The Bertz CT molecular complexity index is 3350. The molecule has 9 aromatic rings. The van der Waals surface area contributed by atoms with E-state index in [0.717, 1.165) is 79.8 Å². The van der Waals surface area contributed by atoms with Crippen LogP contribution in [-0.2, 0) is 42.7 Å². The van der Waals surface area contributed by atoms with Crippen LogP contribution in [0, 0.1) is 6.07 Å². The summed E-state index contributed by atoms with van der Waals surface area (Å²) in [5, 5.41) is 12.3. The molecular formula is C64H62N3OPt-. The predicted octanol–water partition coefficient (Wildman–Crippen LogP) is 16.9. The molecule has 7 aromatic carbocycles. The number of benzene rings is 7. The maximum absolute atomic E-state index is 12.3. The van der Waals surface area contributed by atoms with Crippen LogP contribution >= 0.6 is 0 Å². The molecule has 0 bridgehead atoms. The van der Waals surface area contributed by atoms with Crippen molar-refractivity contribution in [3.05, 3.63) is 192 Å². The van der Waals surface area contributed by atoms with Crippen LogP contribution in [0.3, 0.4) is 0 Å². The average Bonchev–Trinajstić information content (AvgIpc) is 3.72. The Balaban J connectivity index is 0.00000593. The molecule has 1 aliphatic rings. The molecule has 350 valence electrons. The zero-order chi connectivity index (χ0) is 47.8. The third-order valence-corrected chi connectivity index (χ3v) is 14.5. The summed E-state index contributed by atoms with van der Waals surface area (Å²) in [6.07, 6.45) is 4.03. The molecule has 0 unspecified atom stereocenters. The van der Waals surface area contributed by atoms with E-state index >= 15 is 0 Å². The number of fused-ring (bicyclic) bond motifs is 2. The summed E-state index contributed by atoms with van der Waals surface area (Å²) in [6.45, 7) is 22.8. The van der Waals surface area contributed by atoms with Gasteiger partial charge in [-0.15, -0.1) is 29.3 Å². The molecule has 0 fully saturated rings. The normalized spacial score (nSPS) is 14.3. The molecule has 10 rings (SSSR count). The van der Waals surface area contributed by atoms with Crippen LogP contribution in [0.15, 0.2) is 164 Å². The number of rotatable bonds is 7. The van der Waals surface area contributed by atoms with Gasteiger partial charge in [-0.1, -0.05) is 190 Å². The van der Waals surface area contributed by atoms with Gasteiger partial charge in [0.15, 0.2) is 0 Å². The van der Waals surface area contributed by atoms with E-state index in [1.165, 1.54) is 33.4 Å². The zero-order valence-electron chi connectivity index (χ0n) is 41.6. The molecule has 5 heteroatoms. The first-order chi connectivity index (χ1) is 32.4. The van der Waals surface area contributed by atoms with Gasteiger partial charge < -0.3 is 5.11 Å². The molecule has 69 heavy (non-hydrogen) atoms. The van der Waals surface area contributed by atoms with E-state index in [9.17, 15) is 5.11 Å². The average molecular weight is 1080 g/mol. The first kappa shape index (κ1) is 47.7. The summed E-state index contributed by atoms with van der Waals surface area (Å²) in [6, 6.07) is 60.2. The van der Waals surface area contributed by atoms with Gasteiger partial charge in [0.05, 0.1) is 22.3 Å². The van der Waals surface area contributed by atoms with Crippen molar-refractivity contribution in [2.45, 2.75) is 104 Å². The number of aromatic nitrogens is 3. The summed E-state index contributed by atoms with van der Waals surface area (Å²) >= 11 is 0. The van der Waals surface area contributed by atoms with Crippen molar-refractivity contribution in [2.75, 3.05) is 0 Å². The fourth-order valence-corrected chi connectivity index (χ4v) is 10.1. The fraction of sp³-hybridized carbons (Fsp3) is 0.250. The largest absolute Gasteiger partial charge is 0.507 e. The van der Waals surface area contributed by atoms with Gasteiger partial charge in [0.2, 0.25) is 0 Å². The predicted molar refractivity (Wildman–Crippen MR) is 285 cm³/mol. The van der Waals surface area contributed by atoms with Gasteiger partial charge in [0.1, 0.15) is 11.6 Å². The van der Waals surface area contributed by atoms with Crippen molar-refractivity contribution < 1.29 is 26.2 Å². The number of para-hydroxylation sites is 1. The summed E-state index contributed by atoms with van der Waals surface area (Å²) in [7, 11) is 0. The van der Waals surface area contributed by atoms with Crippen molar-refractivity contribution in [1.82, 2.24) is 14.5 Å². The Kier molecular flexibility index (Phi) is 12.4. The SMILES string of the molecule is CC(C)(C)c1cc(-c2cc(-c3ccc(-c4ccccc4)cc3)ccn2)[c-]c(-c2cccc3c2nc(-c2cc4c(cc2O)C(C)(C)CCC4(C)C)n3-c2ccc(C(C)(C)C)cc2-c2ccccc2)c1.[Pt]. The first-order valence-electron chi connectivity index (χ1n) is 24.2. The van der Waals surface area contributed by atoms with Crippen LogP contribution in [0.1, 0.15) is 104 Å². The second kappa shape index (κ2) is 17.9. The van der Waals surface area contributed by atoms with Crippen LogP contribution in [0.25, 0.3) is 83.9 Å². The number of nitrogens with zero attached hydrogens (tertiary/aromatic N) is 3. The number of imidazole rings is 1. The molecule has 0 aliphatic heterocycles. The van der Waals surface area contributed by atoms with E-state index in [0.29, 0.717) is 5.82 Å². The van der Waals surface area contributed by atoms with Crippen molar-refractivity contribution >= 4 is 11.0 Å². The first-order valence-corrected chi connectivity index (χ1v) is 24.2. The number of aromatic hydroxyl groups is 1. The summed E-state index contributed by atoms with van der Waals surface area (Å²) in [5.74, 6) is 0.942. The molecule has 0 spiro atoms. The molecule has 2 aromatic heterocycles. The Morgan fingerprint density at radius 1 is 0.522 bits per heavy atom. The number of phenols is 1. The maximum Gasteiger partial charge on any atom is 0.148 e. The topological polar surface area (TPSA) is 50.9 Å². The minimum absolute atomic E-state index is 0. The van der Waals surface area contributed by atoms with Gasteiger partial charge in [-0.2, -0.15) is 0 Å². The van der Waals surface area contributed by atoms with Crippen LogP contribution in [-0.4, -0.2) is 19.6 Å². The number of hydrogen-bond donors (Lipinski definition) is 1. The Hall–Kier alpha value is -6.35. The molecule has 4 nitrogen and oxygen atoms in total. The van der Waals surface area contributed by atoms with Crippen LogP contribution in [0.4, 0.5) is 0 Å². The minimum Gasteiger partial charge on any atom is -0.507 e. The molecule has 1 N–H and O–H groups in total. The van der Waals surface area contributed by atoms with Gasteiger partial charge in [0, 0.05) is 38.5 Å². The van der Waals surface area contributed by atoms with Crippen molar-refractivity contribution in [3.63, 3.8) is 0 Å². The van der Waals surface area contributed by atoms with E-state index in [4.69, 9.17) is 9.97 Å². The van der Waals surface area contributed by atoms with Gasteiger partial charge in [-0.3, -0.25) is 9.55 Å². The van der Waals surface area contributed by atoms with Gasteiger partial charge in [-0.25, -0.2) is 4.98 Å². The molecule has 0 atom stereocenters. The Morgan fingerprint density at radius 2 is 1.10 bits per heavy atom. The van der Waals surface area contributed by atoms with E-state index in [1.54, 1.807) is 0 Å². The molecular weight excluding hydrogens is 1020 g/mol. The molecule has 0 radical (unpaired) electrons. The minimum atomic E-state index is -0.170. The second-order valence-corrected chi connectivity index (χ2v) is 22.3. The van der Waals surface area contributed by atoms with Crippen molar-refractivity contribution in [1.29, 1.82) is 0 Å². The van der Waals surface area contributed by atoms with E-state index in [1.807, 2.05) is 12.3 Å². The smallest absolute Gasteiger partial charge is 0.148 e. The molecule has 2 heterocycles. The zero-order valence-corrected chi connectivity index (χ0v) is 43.9. The van der Waals surface area contributed by atoms with E-state index in [2.05, 4.69) is 232 Å². The molecule has 1 aliphatic carbocycles. The quantitative estimate of drug-likeness (QED) is 0.162. The third-order valence-electron chi connectivity index (χ3n) is 14.5. The van der Waals surface area contributed by atoms with Crippen molar-refractivity contribution in [2.24, 2.45) is 0 Å². The van der Waals surface area contributed by atoms with Crippen LogP contribution in [0.5, 0.6) is 5.75 Å². The Labute approximate surface area is 423 Å². The molecule has 0 amide bonds. The number of pyridine rings is 1. The maximum atomic E-state index is 12.3. The van der Waals surface area contributed by atoms with Gasteiger partial charge in [0.25, 0.3) is 0 Å². The summed E-state index contributed by atoms with van der Waals surface area (Å²) in [4.78, 5) is 10.6. The summed E-state index contributed by atoms with van der Waals surface area (Å²) < 4.78 is 2.29. The Morgan fingerprint density at radius 3 is 1.74 bits per heavy atom. The van der Waals surface area contributed by atoms with Gasteiger partial charge in [-0.05, 0) is 115 Å². The standard InChI is InChI=1S/C64H62N3O.Pt/c1-61(2,3)48-28-29-56(51(38-48)44-20-15-12-16-21-44)67-57-23-17-22-50(59(57)66-60(67)52-39-53-54(40-58(52)68)64(9,10)32-31-63(53,7)8)46-34-47(36-49(35-46)62(4,5)6)55-37-45(30-33-65-55)43-26-24-42(25-27-43)41-18-13-11-14-19-41;/h11-30,33,35-40,68H,31-32H2,1-10H3;/q-1;. The fourth-order valence-electron chi connectivity index (χ4n) is 10.1. The monoisotopic (exact) mass is 1080 g/mol. The molecule has 0 saturated heterocycles.